The Bertz CT molecular complexity index is 752. The van der Waals surface area contributed by atoms with E-state index in [1.54, 1.807) is 0 Å². The molecule has 26 heavy (non-hydrogen) atoms. The van der Waals surface area contributed by atoms with Gasteiger partial charge in [-0.15, -0.1) is 0 Å². The van der Waals surface area contributed by atoms with Gasteiger partial charge >= 0.3 is 6.18 Å². The van der Waals surface area contributed by atoms with Crippen LogP contribution in [0.5, 0.6) is 0 Å². The summed E-state index contributed by atoms with van der Waals surface area (Å²) in [7, 11) is -3.99. The minimum atomic E-state index is -4.57. The second-order valence-electron chi connectivity index (χ2n) is 7.32. The Balaban J connectivity index is 1.69. The van der Waals surface area contributed by atoms with Gasteiger partial charge in [-0.05, 0) is 38.5 Å². The Morgan fingerprint density at radius 2 is 1.92 bits per heavy atom. The third-order valence-electron chi connectivity index (χ3n) is 5.17. The summed E-state index contributed by atoms with van der Waals surface area (Å²) in [5.74, 6) is 0. The zero-order valence-corrected chi connectivity index (χ0v) is 15.6. The Labute approximate surface area is 152 Å². The van der Waals surface area contributed by atoms with Gasteiger partial charge in [-0.1, -0.05) is 6.07 Å². The van der Waals surface area contributed by atoms with Crippen LogP contribution < -0.4 is 4.72 Å². The van der Waals surface area contributed by atoms with Crippen LogP contribution in [0.1, 0.15) is 25.8 Å². The van der Waals surface area contributed by atoms with Crippen LogP contribution in [0.4, 0.5) is 13.2 Å². The monoisotopic (exact) mass is 391 g/mol. The first-order valence-electron chi connectivity index (χ1n) is 8.74. The summed E-state index contributed by atoms with van der Waals surface area (Å²) in [6, 6.07) is 4.31. The van der Waals surface area contributed by atoms with Gasteiger partial charge in [0.15, 0.2) is 0 Å². The molecule has 0 aromatic heterocycles. The van der Waals surface area contributed by atoms with Gasteiger partial charge in [-0.2, -0.15) is 13.2 Å². The van der Waals surface area contributed by atoms with E-state index in [1.165, 1.54) is 6.07 Å². The molecule has 2 heterocycles. The van der Waals surface area contributed by atoms with E-state index in [1.807, 2.05) is 0 Å². The van der Waals surface area contributed by atoms with Gasteiger partial charge < -0.3 is 0 Å². The van der Waals surface area contributed by atoms with E-state index in [0.29, 0.717) is 25.1 Å². The lowest BCUT2D eigenvalue weighted by Crippen LogP contribution is -2.52. The second kappa shape index (κ2) is 7.10. The molecule has 146 valence electrons. The number of halogens is 3. The lowest BCUT2D eigenvalue weighted by molar-refractivity contribution is -0.137. The van der Waals surface area contributed by atoms with Crippen LogP contribution in [0.3, 0.4) is 0 Å². The van der Waals surface area contributed by atoms with Gasteiger partial charge in [0.25, 0.3) is 0 Å². The highest BCUT2D eigenvalue weighted by Gasteiger charge is 2.38. The van der Waals surface area contributed by atoms with Crippen LogP contribution in [-0.2, 0) is 16.2 Å². The van der Waals surface area contributed by atoms with Gasteiger partial charge in [0.2, 0.25) is 10.0 Å². The van der Waals surface area contributed by atoms with Gasteiger partial charge in [0.1, 0.15) is 0 Å². The fraction of sp³-hybridized carbons (Fsp3) is 0.647. The van der Waals surface area contributed by atoms with Crippen molar-refractivity contribution >= 4 is 10.0 Å². The molecule has 1 aromatic rings. The first kappa shape index (κ1) is 19.6. The fourth-order valence-electron chi connectivity index (χ4n) is 3.75. The molecule has 1 N–H and O–H groups in total. The molecule has 5 nitrogen and oxygen atoms in total. The fourth-order valence-corrected chi connectivity index (χ4v) is 5.03. The van der Waals surface area contributed by atoms with Crippen LogP contribution in [0.25, 0.3) is 0 Å². The van der Waals surface area contributed by atoms with E-state index < -0.39 is 21.8 Å². The number of rotatable bonds is 4. The van der Waals surface area contributed by atoms with E-state index >= 15 is 0 Å². The summed E-state index contributed by atoms with van der Waals surface area (Å²) >= 11 is 0. The van der Waals surface area contributed by atoms with Crippen molar-refractivity contribution in [3.05, 3.63) is 29.8 Å². The summed E-state index contributed by atoms with van der Waals surface area (Å²) in [5, 5.41) is 0. The van der Waals surface area contributed by atoms with E-state index in [-0.39, 0.29) is 17.0 Å². The number of fused-ring (bicyclic) bond motifs is 1. The first-order chi connectivity index (χ1) is 12.1. The smallest absolute Gasteiger partial charge is 0.298 e. The number of nitrogens with one attached hydrogen (secondary N) is 1. The predicted molar refractivity (Wildman–Crippen MR) is 92.2 cm³/mol. The Morgan fingerprint density at radius 3 is 2.58 bits per heavy atom. The quantitative estimate of drug-likeness (QED) is 0.855. The van der Waals surface area contributed by atoms with E-state index in [2.05, 4.69) is 28.4 Å². The molecule has 2 atom stereocenters. The van der Waals surface area contributed by atoms with Gasteiger partial charge in [0, 0.05) is 44.3 Å². The Morgan fingerprint density at radius 1 is 1.19 bits per heavy atom. The van der Waals surface area contributed by atoms with Crippen LogP contribution in [0, 0.1) is 0 Å². The Kier molecular flexibility index (Phi) is 5.35. The molecule has 0 spiro atoms. The molecule has 0 aliphatic carbocycles. The minimum Gasteiger partial charge on any atom is -0.298 e. The molecule has 0 unspecified atom stereocenters. The summed E-state index contributed by atoms with van der Waals surface area (Å²) < 4.78 is 66.2. The van der Waals surface area contributed by atoms with Gasteiger partial charge in [0.05, 0.1) is 10.5 Å². The third-order valence-corrected chi connectivity index (χ3v) is 6.69. The zero-order chi connectivity index (χ0) is 19.1. The van der Waals surface area contributed by atoms with Crippen molar-refractivity contribution in [1.29, 1.82) is 0 Å². The van der Waals surface area contributed by atoms with Crippen molar-refractivity contribution in [2.45, 2.75) is 49.5 Å². The van der Waals surface area contributed by atoms with Crippen molar-refractivity contribution in [2.24, 2.45) is 0 Å². The number of nitrogens with zero attached hydrogens (tertiary/aromatic N) is 2. The van der Waals surface area contributed by atoms with Crippen LogP contribution in [-0.4, -0.2) is 62.5 Å². The van der Waals surface area contributed by atoms with Crippen LogP contribution in [0.2, 0.25) is 0 Å². The lowest BCUT2D eigenvalue weighted by atomic mass is 10.1. The molecule has 9 heteroatoms. The highest BCUT2D eigenvalue weighted by Crippen LogP contribution is 2.31. The van der Waals surface area contributed by atoms with Crippen molar-refractivity contribution in [3.63, 3.8) is 0 Å². The molecule has 2 aliphatic heterocycles. The maximum absolute atomic E-state index is 12.8. The van der Waals surface area contributed by atoms with Gasteiger partial charge in [-0.3, -0.25) is 9.80 Å². The standard InChI is InChI=1S/C17H24F3N3O2S/c1-12(2)22-6-7-23-10-14(9-15(23)11-22)21-26(24,25)16-5-3-4-13(8-16)17(18,19)20/h3-5,8,12,14-15,21H,6-7,9-11H2,1-2H3/t14-,15-/m0/s1. The third kappa shape index (κ3) is 4.21. The number of hydrogen-bond donors (Lipinski definition) is 1. The highest BCUT2D eigenvalue weighted by molar-refractivity contribution is 7.89. The number of piperazine rings is 1. The molecule has 0 radical (unpaired) electrons. The second-order valence-corrected chi connectivity index (χ2v) is 9.03. The summed E-state index contributed by atoms with van der Waals surface area (Å²) in [5.41, 5.74) is -0.961. The Hall–Kier alpha value is -1.16. The van der Waals surface area contributed by atoms with Crippen LogP contribution in [0.15, 0.2) is 29.2 Å². The van der Waals surface area contributed by atoms with Crippen molar-refractivity contribution < 1.29 is 21.6 Å². The lowest BCUT2D eigenvalue weighted by Gasteiger charge is -2.39. The van der Waals surface area contributed by atoms with Crippen molar-refractivity contribution in [3.8, 4) is 0 Å². The number of alkyl halides is 3. The maximum Gasteiger partial charge on any atom is 0.416 e. The van der Waals surface area contributed by atoms with Crippen LogP contribution >= 0.6 is 0 Å². The molecule has 1 aromatic carbocycles. The van der Waals surface area contributed by atoms with E-state index in [9.17, 15) is 21.6 Å². The molecular formula is C17H24F3N3O2S. The SMILES string of the molecule is CC(C)N1CCN2C[C@@H](NS(=O)(=O)c3cccc(C(F)(F)F)c3)C[C@H]2C1. The van der Waals surface area contributed by atoms with Gasteiger partial charge in [-0.25, -0.2) is 13.1 Å². The first-order valence-corrected chi connectivity index (χ1v) is 10.2. The maximum atomic E-state index is 12.8. The molecule has 0 bridgehead atoms. The van der Waals surface area contributed by atoms with E-state index in [4.69, 9.17) is 0 Å². The number of sulfonamides is 1. The van der Waals surface area contributed by atoms with E-state index in [0.717, 1.165) is 31.8 Å². The molecular weight excluding hydrogens is 367 g/mol. The number of benzene rings is 1. The molecule has 0 amide bonds. The predicted octanol–water partition coefficient (Wildman–Crippen LogP) is 2.15. The zero-order valence-electron chi connectivity index (χ0n) is 14.8. The topological polar surface area (TPSA) is 52.6 Å². The average Bonchev–Trinajstić information content (AvgIpc) is 2.94. The molecule has 3 rings (SSSR count). The largest absolute Gasteiger partial charge is 0.416 e. The van der Waals surface area contributed by atoms with Crippen molar-refractivity contribution in [1.82, 2.24) is 14.5 Å². The normalized spacial score (nSPS) is 25.6. The summed E-state index contributed by atoms with van der Waals surface area (Å²) in [6.45, 7) is 7.58. The minimum absolute atomic E-state index is 0.278. The van der Waals surface area contributed by atoms with Crippen molar-refractivity contribution in [2.75, 3.05) is 26.2 Å². The highest BCUT2D eigenvalue weighted by atomic mass is 32.2. The molecule has 0 saturated carbocycles. The molecule has 2 fully saturated rings. The molecule has 2 aliphatic rings. The number of hydrogen-bond acceptors (Lipinski definition) is 4. The summed E-state index contributed by atoms with van der Waals surface area (Å²) in [4.78, 5) is 4.28. The average molecular weight is 391 g/mol. The molecule has 2 saturated heterocycles. The summed E-state index contributed by atoms with van der Waals surface area (Å²) in [6.07, 6.45) is -3.90.